The van der Waals surface area contributed by atoms with Gasteiger partial charge in [-0.05, 0) is 18.9 Å². The maximum absolute atomic E-state index is 11.5. The molecule has 0 amide bonds. The van der Waals surface area contributed by atoms with E-state index in [0.29, 0.717) is 12.8 Å². The quantitative estimate of drug-likeness (QED) is 0.761. The van der Waals surface area contributed by atoms with Crippen molar-refractivity contribution >= 4 is 5.78 Å². The highest BCUT2D eigenvalue weighted by atomic mass is 16.1. The van der Waals surface area contributed by atoms with Gasteiger partial charge in [-0.2, -0.15) is 5.10 Å². The lowest BCUT2D eigenvalue weighted by Crippen LogP contribution is -2.22. The summed E-state index contributed by atoms with van der Waals surface area (Å²) >= 11 is 0. The average molecular weight is 209 g/mol. The van der Waals surface area contributed by atoms with Gasteiger partial charge in [-0.3, -0.25) is 9.48 Å². The van der Waals surface area contributed by atoms with Crippen LogP contribution in [-0.4, -0.2) is 21.6 Å². The van der Waals surface area contributed by atoms with E-state index in [1.54, 1.807) is 10.9 Å². The topological polar surface area (TPSA) is 60.9 Å². The monoisotopic (exact) mass is 209 g/mol. The first-order valence-corrected chi connectivity index (χ1v) is 5.37. The van der Waals surface area contributed by atoms with Gasteiger partial charge in [0.1, 0.15) is 5.78 Å². The Morgan fingerprint density at radius 2 is 2.40 bits per heavy atom. The Balaban J connectivity index is 2.31. The number of nitrogens with two attached hydrogens (primary N) is 1. The Bertz CT molecular complexity index is 319. The number of nitrogens with zero attached hydrogens (tertiary/aromatic N) is 2. The number of carbonyl (C=O) groups is 1. The van der Waals surface area contributed by atoms with Crippen molar-refractivity contribution in [3.63, 3.8) is 0 Å². The van der Waals surface area contributed by atoms with Crippen molar-refractivity contribution in [3.8, 4) is 0 Å². The van der Waals surface area contributed by atoms with Crippen molar-refractivity contribution in [3.05, 3.63) is 18.0 Å². The van der Waals surface area contributed by atoms with Gasteiger partial charge in [-0.25, -0.2) is 0 Å². The summed E-state index contributed by atoms with van der Waals surface area (Å²) < 4.78 is 1.80. The maximum atomic E-state index is 11.5. The lowest BCUT2D eigenvalue weighted by molar-refractivity contribution is -0.119. The van der Waals surface area contributed by atoms with Crippen molar-refractivity contribution in [2.24, 2.45) is 12.8 Å². The summed E-state index contributed by atoms with van der Waals surface area (Å²) in [5.74, 6) is 0.241. The van der Waals surface area contributed by atoms with Crippen LogP contribution in [0.25, 0.3) is 0 Å². The summed E-state index contributed by atoms with van der Waals surface area (Å²) in [6.07, 6.45) is 4.42. The number of ketones is 1. The SMILES string of the molecule is CCC(N)CC(=O)CCc1ccnn1C. The highest BCUT2D eigenvalue weighted by Gasteiger charge is 2.08. The van der Waals surface area contributed by atoms with Crippen molar-refractivity contribution in [2.75, 3.05) is 0 Å². The second-order valence-corrected chi connectivity index (χ2v) is 3.86. The minimum atomic E-state index is 0.0176. The molecule has 4 nitrogen and oxygen atoms in total. The van der Waals surface area contributed by atoms with E-state index in [1.165, 1.54) is 0 Å². The molecule has 0 radical (unpaired) electrons. The zero-order valence-corrected chi connectivity index (χ0v) is 9.44. The molecule has 0 aromatic carbocycles. The molecule has 84 valence electrons. The van der Waals surface area contributed by atoms with Gasteiger partial charge in [-0.15, -0.1) is 0 Å². The van der Waals surface area contributed by atoms with Crippen LogP contribution in [-0.2, 0) is 18.3 Å². The maximum Gasteiger partial charge on any atom is 0.134 e. The lowest BCUT2D eigenvalue weighted by Gasteiger charge is -2.07. The van der Waals surface area contributed by atoms with Gasteiger partial charge in [0.05, 0.1) is 0 Å². The van der Waals surface area contributed by atoms with Crippen LogP contribution in [0.15, 0.2) is 12.3 Å². The van der Waals surface area contributed by atoms with Crippen LogP contribution in [0.4, 0.5) is 0 Å². The van der Waals surface area contributed by atoms with Crippen molar-refractivity contribution in [1.82, 2.24) is 9.78 Å². The molecule has 0 saturated heterocycles. The van der Waals surface area contributed by atoms with E-state index in [0.717, 1.165) is 18.5 Å². The van der Waals surface area contributed by atoms with Gasteiger partial charge in [0.25, 0.3) is 0 Å². The minimum Gasteiger partial charge on any atom is -0.327 e. The molecule has 0 fully saturated rings. The molecule has 0 aliphatic heterocycles. The van der Waals surface area contributed by atoms with E-state index in [1.807, 2.05) is 20.0 Å². The largest absolute Gasteiger partial charge is 0.327 e. The van der Waals surface area contributed by atoms with Crippen LogP contribution < -0.4 is 5.73 Å². The molecule has 0 spiro atoms. The molecular formula is C11H19N3O. The van der Waals surface area contributed by atoms with Gasteiger partial charge in [-0.1, -0.05) is 6.92 Å². The van der Waals surface area contributed by atoms with E-state index < -0.39 is 0 Å². The van der Waals surface area contributed by atoms with Crippen molar-refractivity contribution in [1.29, 1.82) is 0 Å². The summed E-state index contributed by atoms with van der Waals surface area (Å²) in [5.41, 5.74) is 6.81. The van der Waals surface area contributed by atoms with Crippen molar-refractivity contribution in [2.45, 2.75) is 38.6 Å². The van der Waals surface area contributed by atoms with E-state index in [-0.39, 0.29) is 11.8 Å². The molecule has 1 aromatic heterocycles. The third kappa shape index (κ3) is 3.83. The molecule has 1 unspecified atom stereocenters. The molecular weight excluding hydrogens is 190 g/mol. The predicted octanol–water partition coefficient (Wildman–Crippen LogP) is 1.05. The smallest absolute Gasteiger partial charge is 0.134 e. The Morgan fingerprint density at radius 1 is 1.67 bits per heavy atom. The number of aromatic nitrogens is 2. The summed E-state index contributed by atoms with van der Waals surface area (Å²) in [4.78, 5) is 11.5. The molecule has 0 aliphatic carbocycles. The molecule has 0 bridgehead atoms. The third-order valence-corrected chi connectivity index (χ3v) is 2.60. The molecule has 15 heavy (non-hydrogen) atoms. The molecule has 1 atom stereocenters. The molecule has 0 saturated carbocycles. The number of Topliss-reactive ketones (excluding diaryl/α,β-unsaturated/α-hetero) is 1. The minimum absolute atomic E-state index is 0.0176. The van der Waals surface area contributed by atoms with Gasteiger partial charge in [0.2, 0.25) is 0 Å². The Labute approximate surface area is 90.5 Å². The summed E-state index contributed by atoms with van der Waals surface area (Å²) in [6, 6.07) is 1.96. The van der Waals surface area contributed by atoms with E-state index in [2.05, 4.69) is 5.10 Å². The van der Waals surface area contributed by atoms with Crippen LogP contribution in [0.2, 0.25) is 0 Å². The van der Waals surface area contributed by atoms with Crippen LogP contribution in [0.1, 0.15) is 31.9 Å². The Hall–Kier alpha value is -1.16. The number of hydrogen-bond donors (Lipinski definition) is 1. The number of aryl methyl sites for hydroxylation is 2. The fraction of sp³-hybridized carbons (Fsp3) is 0.636. The van der Waals surface area contributed by atoms with E-state index in [9.17, 15) is 4.79 Å². The second kappa shape index (κ2) is 5.66. The summed E-state index contributed by atoms with van der Waals surface area (Å²) in [7, 11) is 1.89. The van der Waals surface area contributed by atoms with Crippen LogP contribution >= 0.6 is 0 Å². The lowest BCUT2D eigenvalue weighted by atomic mass is 10.0. The summed E-state index contributed by atoms with van der Waals surface area (Å²) in [5, 5.41) is 4.05. The first-order valence-electron chi connectivity index (χ1n) is 5.37. The normalized spacial score (nSPS) is 12.7. The molecule has 2 N–H and O–H groups in total. The second-order valence-electron chi connectivity index (χ2n) is 3.86. The predicted molar refractivity (Wildman–Crippen MR) is 59.4 cm³/mol. The molecule has 1 aromatic rings. The highest BCUT2D eigenvalue weighted by molar-refractivity contribution is 5.79. The molecule has 0 aliphatic rings. The molecule has 1 rings (SSSR count). The standard InChI is InChI=1S/C11H19N3O/c1-3-9(12)8-11(15)5-4-10-6-7-13-14(10)2/h6-7,9H,3-5,8,12H2,1-2H3. The van der Waals surface area contributed by atoms with E-state index in [4.69, 9.17) is 5.73 Å². The summed E-state index contributed by atoms with van der Waals surface area (Å²) in [6.45, 7) is 2.00. The fourth-order valence-electron chi connectivity index (χ4n) is 1.45. The highest BCUT2D eigenvalue weighted by Crippen LogP contribution is 2.04. The van der Waals surface area contributed by atoms with Crippen LogP contribution in [0, 0.1) is 0 Å². The Kier molecular flexibility index (Phi) is 4.49. The average Bonchev–Trinajstić information content (AvgIpc) is 2.61. The zero-order chi connectivity index (χ0) is 11.3. The van der Waals surface area contributed by atoms with Gasteiger partial charge in [0, 0.05) is 37.8 Å². The zero-order valence-electron chi connectivity index (χ0n) is 9.44. The fourth-order valence-corrected chi connectivity index (χ4v) is 1.45. The first-order chi connectivity index (χ1) is 7.13. The van der Waals surface area contributed by atoms with Gasteiger partial charge < -0.3 is 5.73 Å². The number of rotatable bonds is 6. The van der Waals surface area contributed by atoms with E-state index >= 15 is 0 Å². The van der Waals surface area contributed by atoms with Crippen molar-refractivity contribution < 1.29 is 4.79 Å². The number of carbonyl (C=O) groups excluding carboxylic acids is 1. The van der Waals surface area contributed by atoms with Gasteiger partial charge >= 0.3 is 0 Å². The van der Waals surface area contributed by atoms with Gasteiger partial charge in [0.15, 0.2) is 0 Å². The Morgan fingerprint density at radius 3 is 2.93 bits per heavy atom. The third-order valence-electron chi connectivity index (χ3n) is 2.60. The van der Waals surface area contributed by atoms with Crippen LogP contribution in [0.3, 0.4) is 0 Å². The molecule has 1 heterocycles. The first kappa shape index (κ1) is 11.9. The molecule has 4 heteroatoms. The number of hydrogen-bond acceptors (Lipinski definition) is 3. The van der Waals surface area contributed by atoms with Crippen LogP contribution in [0.5, 0.6) is 0 Å².